The molecule has 149 heavy (non-hydrogen) atoms. The van der Waals surface area contributed by atoms with Crippen LogP contribution in [0, 0.1) is 80.5 Å². The molecule has 36 nitrogen and oxygen atoms in total. The number of halogens is 5. The van der Waals surface area contributed by atoms with E-state index < -0.39 is 142 Å². The molecule has 12 amide bonds. The van der Waals surface area contributed by atoms with Gasteiger partial charge in [-0.2, -0.15) is 15.3 Å². The molecule has 782 valence electrons. The van der Waals surface area contributed by atoms with Crippen LogP contribution in [0.5, 0.6) is 0 Å². The quantitative estimate of drug-likeness (QED) is 0.0225. The van der Waals surface area contributed by atoms with Gasteiger partial charge in [-0.15, -0.1) is 0 Å². The number of nitrogens with two attached hydrogens (primary N) is 4. The zero-order valence-electron chi connectivity index (χ0n) is 85.9. The molecule has 0 spiro atoms. The second-order valence-electron chi connectivity index (χ2n) is 38.0. The number of imide groups is 4. The molecule has 41 heteroatoms. The number of likely N-dealkylation sites (N-methyl/N-ethyl adjacent to an activating group) is 4. The Morgan fingerprint density at radius 2 is 0.664 bits per heavy atom. The Bertz CT molecular complexity index is 6840. The van der Waals surface area contributed by atoms with Gasteiger partial charge in [-0.25, -0.2) is 46.9 Å². The first kappa shape index (κ1) is 110. The predicted octanol–water partition coefficient (Wildman–Crippen LogP) is 12.1. The lowest BCUT2D eigenvalue weighted by molar-refractivity contribution is -0.171. The molecule has 4 fully saturated rings. The number of nitrogens with zero attached hydrogens (tertiary/aromatic N) is 20. The first-order valence-corrected chi connectivity index (χ1v) is 48.9. The number of amides is 12. The number of likely N-dealkylation sites (tertiary alicyclic amines) is 4. The smallest absolute Gasteiger partial charge is 0.253 e. The molecule has 8 aromatic heterocycles. The molecule has 8 N–H and O–H groups in total. The van der Waals surface area contributed by atoms with E-state index in [4.69, 9.17) is 22.9 Å². The Kier molecular flexibility index (Phi) is 35.0. The third-order valence-electron chi connectivity index (χ3n) is 28.5. The lowest BCUT2D eigenvalue weighted by atomic mass is 9.80. The van der Waals surface area contributed by atoms with Crippen LogP contribution in [0.15, 0.2) is 189 Å². The van der Waals surface area contributed by atoms with Crippen LogP contribution in [0.4, 0.5) is 68.6 Å². The van der Waals surface area contributed by atoms with E-state index in [9.17, 15) is 75.1 Å². The van der Waals surface area contributed by atoms with E-state index in [-0.39, 0.29) is 92.0 Å². The topological polar surface area (TPSA) is 458 Å². The number of anilines is 8. The van der Waals surface area contributed by atoms with Gasteiger partial charge in [0.15, 0.2) is 0 Å². The zero-order valence-corrected chi connectivity index (χ0v) is 85.9. The number of pyridine rings is 4. The number of hydrogen-bond donors (Lipinski definition) is 4. The van der Waals surface area contributed by atoms with Gasteiger partial charge in [0.1, 0.15) is 94.0 Å². The minimum atomic E-state index is -1.08. The van der Waals surface area contributed by atoms with Crippen molar-refractivity contribution in [1.82, 2.24) is 78.4 Å². The molecule has 4 saturated heterocycles. The van der Waals surface area contributed by atoms with Crippen molar-refractivity contribution in [3.8, 4) is 0 Å². The van der Waals surface area contributed by atoms with Crippen LogP contribution < -0.4 is 42.5 Å². The molecule has 12 heterocycles. The summed E-state index contributed by atoms with van der Waals surface area (Å²) in [5.74, 6) is -9.38. The van der Waals surface area contributed by atoms with E-state index in [1.54, 1.807) is 219 Å². The van der Waals surface area contributed by atoms with E-state index >= 15 is 4.39 Å². The summed E-state index contributed by atoms with van der Waals surface area (Å²) in [6, 6.07) is 30.4. The molecule has 0 unspecified atom stereocenters. The first-order chi connectivity index (χ1) is 70.9. The Morgan fingerprint density at radius 3 is 0.993 bits per heavy atom. The highest BCUT2D eigenvalue weighted by Gasteiger charge is 2.60. The molecule has 0 radical (unpaired) electrons. The van der Waals surface area contributed by atoms with Gasteiger partial charge in [-0.1, -0.05) is 58.0 Å². The molecule has 16 rings (SSSR count). The van der Waals surface area contributed by atoms with Gasteiger partial charge < -0.3 is 27.5 Å². The van der Waals surface area contributed by atoms with Crippen molar-refractivity contribution >= 4 is 118 Å². The first-order valence-electron chi connectivity index (χ1n) is 48.9. The highest BCUT2D eigenvalue weighted by atomic mass is 19.1. The van der Waals surface area contributed by atoms with E-state index in [2.05, 4.69) is 40.2 Å². The lowest BCUT2D eigenvalue weighted by Crippen LogP contribution is -2.69. The molecular weight excluding hydrogens is 1920 g/mol. The highest BCUT2D eigenvalue weighted by Crippen LogP contribution is 2.43. The van der Waals surface area contributed by atoms with E-state index in [1.807, 2.05) is 40.7 Å². The maximum absolute atomic E-state index is 15.1. The summed E-state index contributed by atoms with van der Waals surface area (Å²) in [5, 5.41) is 12.3. The molecular formula is C108H123F5N24O12. The number of carbonyl (C=O) groups is 12. The minimum absolute atomic E-state index is 0.0132. The Balaban J connectivity index is 0.000000166. The second-order valence-corrected chi connectivity index (χ2v) is 38.0. The minimum Gasteiger partial charge on any atom is -0.384 e. The summed E-state index contributed by atoms with van der Waals surface area (Å²) in [7, 11) is 13.1. The molecule has 4 aliphatic heterocycles. The predicted molar refractivity (Wildman–Crippen MR) is 548 cm³/mol. The third kappa shape index (κ3) is 24.0. The Morgan fingerprint density at radius 1 is 0.342 bits per heavy atom. The number of β-lactam (4-membered cyclic amide) rings is 4. The van der Waals surface area contributed by atoms with Crippen molar-refractivity contribution in [2.24, 2.45) is 51.9 Å². The van der Waals surface area contributed by atoms with Crippen LogP contribution in [0.25, 0.3) is 0 Å². The zero-order chi connectivity index (χ0) is 108. The summed E-state index contributed by atoms with van der Waals surface area (Å²) in [5.41, 5.74) is 30.8. The summed E-state index contributed by atoms with van der Waals surface area (Å²) < 4.78 is 77.8. The largest absolute Gasteiger partial charge is 0.384 e. The van der Waals surface area contributed by atoms with Gasteiger partial charge in [-0.05, 0) is 254 Å². The number of carbonyl (C=O) groups excluding carboxylic acids is 12. The van der Waals surface area contributed by atoms with Gasteiger partial charge in [-0.3, -0.25) is 111 Å². The second kappa shape index (κ2) is 47.4. The van der Waals surface area contributed by atoms with Gasteiger partial charge >= 0.3 is 0 Å². The van der Waals surface area contributed by atoms with Crippen LogP contribution in [-0.2, 0) is 111 Å². The van der Waals surface area contributed by atoms with Crippen molar-refractivity contribution in [1.29, 1.82) is 0 Å². The molecule has 0 aliphatic carbocycles. The van der Waals surface area contributed by atoms with Crippen molar-refractivity contribution in [2.75, 3.05) is 70.7 Å². The fraction of sp³-hybridized carbons (Fsp3) is 0.370. The monoisotopic (exact) mass is 2040 g/mol. The summed E-state index contributed by atoms with van der Waals surface area (Å²) in [6.45, 7) is 14.5. The van der Waals surface area contributed by atoms with Gasteiger partial charge in [0.05, 0.1) is 42.3 Å². The number of hydrogen-bond acceptors (Lipinski definition) is 24. The number of nitrogen functional groups attached to an aromatic ring is 4. The average Bonchev–Trinajstić information content (AvgIpc) is 1.13. The van der Waals surface area contributed by atoms with Crippen LogP contribution in [-0.4, -0.2) is 202 Å². The number of aromatic nitrogens is 12. The van der Waals surface area contributed by atoms with Crippen molar-refractivity contribution in [2.45, 2.75) is 180 Å². The Labute approximate surface area is 859 Å². The van der Waals surface area contributed by atoms with E-state index in [0.717, 1.165) is 71.2 Å². The molecule has 4 aliphatic rings. The van der Waals surface area contributed by atoms with Crippen LogP contribution in [0.1, 0.15) is 169 Å². The highest BCUT2D eigenvalue weighted by molar-refractivity contribution is 6.16. The van der Waals surface area contributed by atoms with Crippen molar-refractivity contribution in [3.05, 3.63) is 285 Å². The molecule has 0 saturated carbocycles. The van der Waals surface area contributed by atoms with Crippen LogP contribution in [0.2, 0.25) is 0 Å². The van der Waals surface area contributed by atoms with Gasteiger partial charge in [0, 0.05) is 137 Å². The molecule has 12 atom stereocenters. The summed E-state index contributed by atoms with van der Waals surface area (Å²) in [6.07, 6.45) is 16.6. The third-order valence-corrected chi connectivity index (χ3v) is 28.5. The van der Waals surface area contributed by atoms with Crippen LogP contribution in [0.3, 0.4) is 0 Å². The molecule has 0 bridgehead atoms. The van der Waals surface area contributed by atoms with Crippen molar-refractivity contribution in [3.63, 3.8) is 0 Å². The summed E-state index contributed by atoms with van der Waals surface area (Å²) >= 11 is 0. The standard InChI is InChI=1S/C28H33FN6O3.2C27H31FN6O3.C26H28F2N6O3/c1-6-19(20-8-7-16(2)17(3)24(20)29)15-23(36)35-25(27(38)34(5)28-32-11-12-33(28)4)21(26(35)37)13-18-9-10-31-22(30)14-18;1-5-18(19-7-6-16(2)21(28)14-19)15-24(35)34-25(27(37)32(3)23-9-11-31-33(23)4)20(26(34)36)12-17-8-10-30-22(29)13-17;1-5-18(20-15-19(28)7-6-16(20)2)14-24(35)34-25(27(37)32(3)23-9-11-31-33(23)4)21(26(34)36)12-17-8-10-30-22(29)13-17;1-4-16(18-14-17(27)5-6-20(18)28)13-23(35)34-24(26(37)32(2)22-8-10-31-33(22)3)19(25(34)36)11-15-7-9-30-21(29)12-15/h7-12,14,19,21,25H,6,13,15H2,1-5H3,(H2,30,31);6-11,13-14,18,20,25H,5,12,15H2,1-4H3,(H2,29,30);6-11,13,15,18,21,25H,5,12,14H2,1-4H3,(H2,29,30);5-10,12,14,16,19,24H,4,11,13H2,1-3H3,(H2,29,30)/t19-,21+,25-;18-,20+,25-;18-,21+,25-;16-,19+,24-/m0000/s1. The number of rotatable bonds is 32. The normalized spacial score (nSPS) is 17.8. The fourth-order valence-electron chi connectivity index (χ4n) is 19.7. The van der Waals surface area contributed by atoms with Crippen molar-refractivity contribution < 1.29 is 79.5 Å². The number of aryl methyl sites for hydroxylation is 7. The van der Waals surface area contributed by atoms with E-state index in [0.29, 0.717) is 94.4 Å². The average molecular weight is 2040 g/mol. The lowest BCUT2D eigenvalue weighted by Gasteiger charge is -2.46. The summed E-state index contributed by atoms with van der Waals surface area (Å²) in [4.78, 5) is 192. The van der Waals surface area contributed by atoms with Gasteiger partial charge in [0.2, 0.25) is 53.2 Å². The van der Waals surface area contributed by atoms with Gasteiger partial charge in [0.25, 0.3) is 23.6 Å². The SMILES string of the molecule is CC[C@@H](CC(=O)N1C(=O)[C@H](Cc2ccnc(N)c2)[C@H]1C(=O)N(C)c1ccnn1C)c1cc(F)ccc1C.CC[C@@H](CC(=O)N1C(=O)[C@H](Cc2ccnc(N)c2)[C@H]1C(=O)N(C)c1ccnn1C)c1cc(F)ccc1F.CC[C@@H](CC(=O)N1C(=O)[C@H](Cc2ccnc(N)c2)[C@H]1C(=O)N(C)c1ccnn1C)c1ccc(C)c(F)c1.CC[C@@H](CC(=O)N1C(=O)[C@H](Cc2ccnc(N)c2)[C@H]1C(=O)N(C)c1nccn1C)c1ccc(C)c(C)c1F. The molecule has 12 aromatic rings. The maximum atomic E-state index is 15.1. The fourth-order valence-corrected chi connectivity index (χ4v) is 19.7. The number of benzene rings is 4. The molecule has 4 aromatic carbocycles. The van der Waals surface area contributed by atoms with E-state index in [1.165, 1.54) is 61.1 Å². The van der Waals surface area contributed by atoms with Crippen LogP contribution >= 0.6 is 0 Å². The Hall–Kier alpha value is -16.4. The number of imidazole rings is 1. The maximum Gasteiger partial charge on any atom is 0.253 e.